The SMILES string of the molecule is O=c1oc2c(o1)C1(CC3=CC4OC4CC3)OC1CC2. The molecule has 4 atom stereocenters. The Kier molecular flexibility index (Phi) is 1.77. The first-order valence-electron chi connectivity index (χ1n) is 6.91. The Bertz CT molecular complexity index is 639. The molecule has 2 saturated heterocycles. The van der Waals surface area contributed by atoms with Crippen molar-refractivity contribution in [3.63, 3.8) is 0 Å². The third-order valence-corrected chi connectivity index (χ3v) is 4.74. The molecule has 19 heavy (non-hydrogen) atoms. The number of hydrogen-bond acceptors (Lipinski definition) is 5. The maximum atomic E-state index is 11.3. The van der Waals surface area contributed by atoms with E-state index < -0.39 is 11.4 Å². The summed E-state index contributed by atoms with van der Waals surface area (Å²) in [6, 6.07) is 0. The zero-order chi connectivity index (χ0) is 12.6. The molecule has 3 heterocycles. The lowest BCUT2D eigenvalue weighted by molar-refractivity contribution is 0.250. The van der Waals surface area contributed by atoms with Gasteiger partial charge in [-0.25, -0.2) is 4.79 Å². The van der Waals surface area contributed by atoms with Crippen molar-refractivity contribution in [2.75, 3.05) is 0 Å². The van der Waals surface area contributed by atoms with Gasteiger partial charge < -0.3 is 18.3 Å². The predicted molar refractivity (Wildman–Crippen MR) is 62.7 cm³/mol. The second-order valence-electron chi connectivity index (χ2n) is 5.92. The van der Waals surface area contributed by atoms with E-state index in [0.29, 0.717) is 23.7 Å². The minimum absolute atomic E-state index is 0.180. The molecule has 5 rings (SSSR count). The Labute approximate surface area is 109 Å². The van der Waals surface area contributed by atoms with E-state index in [-0.39, 0.29) is 6.10 Å². The maximum Gasteiger partial charge on any atom is 0.519 e. The molecule has 2 fully saturated rings. The molecule has 0 amide bonds. The smallest absolute Gasteiger partial charge is 0.396 e. The number of epoxide rings is 2. The van der Waals surface area contributed by atoms with Gasteiger partial charge in [0, 0.05) is 12.8 Å². The molecule has 2 aliphatic heterocycles. The van der Waals surface area contributed by atoms with Crippen molar-refractivity contribution in [3.05, 3.63) is 33.8 Å². The van der Waals surface area contributed by atoms with Crippen LogP contribution in [0.5, 0.6) is 0 Å². The van der Waals surface area contributed by atoms with E-state index in [1.165, 1.54) is 5.57 Å². The summed E-state index contributed by atoms with van der Waals surface area (Å²) in [6.45, 7) is 0. The Morgan fingerprint density at radius 2 is 2.21 bits per heavy atom. The van der Waals surface area contributed by atoms with Gasteiger partial charge in [-0.3, -0.25) is 0 Å². The van der Waals surface area contributed by atoms with Gasteiger partial charge in [0.2, 0.25) is 0 Å². The van der Waals surface area contributed by atoms with Gasteiger partial charge in [0.1, 0.15) is 6.10 Å². The van der Waals surface area contributed by atoms with Crippen molar-refractivity contribution in [2.24, 2.45) is 0 Å². The van der Waals surface area contributed by atoms with Gasteiger partial charge in [-0.1, -0.05) is 11.6 Å². The summed E-state index contributed by atoms with van der Waals surface area (Å²) >= 11 is 0. The van der Waals surface area contributed by atoms with Gasteiger partial charge in [-0.05, 0) is 19.3 Å². The fourth-order valence-electron chi connectivity index (χ4n) is 3.67. The van der Waals surface area contributed by atoms with E-state index in [1.807, 2.05) is 0 Å². The zero-order valence-corrected chi connectivity index (χ0v) is 10.4. The van der Waals surface area contributed by atoms with Crippen LogP contribution in [0.25, 0.3) is 0 Å². The van der Waals surface area contributed by atoms with E-state index >= 15 is 0 Å². The van der Waals surface area contributed by atoms with Gasteiger partial charge in [-0.2, -0.15) is 0 Å². The molecule has 1 aromatic rings. The van der Waals surface area contributed by atoms with Gasteiger partial charge in [0.05, 0.1) is 12.2 Å². The van der Waals surface area contributed by atoms with Crippen molar-refractivity contribution in [2.45, 2.75) is 56.0 Å². The third kappa shape index (κ3) is 1.40. The van der Waals surface area contributed by atoms with Crippen LogP contribution in [-0.4, -0.2) is 18.3 Å². The molecule has 5 nitrogen and oxygen atoms in total. The van der Waals surface area contributed by atoms with E-state index in [9.17, 15) is 4.79 Å². The van der Waals surface area contributed by atoms with Gasteiger partial charge >= 0.3 is 5.82 Å². The van der Waals surface area contributed by atoms with Crippen LogP contribution in [-0.2, 0) is 21.5 Å². The second kappa shape index (κ2) is 3.22. The summed E-state index contributed by atoms with van der Waals surface area (Å²) in [7, 11) is 0. The van der Waals surface area contributed by atoms with Gasteiger partial charge in [0.15, 0.2) is 17.1 Å². The number of ether oxygens (including phenoxy) is 2. The molecule has 0 saturated carbocycles. The lowest BCUT2D eigenvalue weighted by Crippen LogP contribution is -2.21. The fraction of sp³-hybridized carbons (Fsp3) is 0.643. The molecule has 100 valence electrons. The minimum Gasteiger partial charge on any atom is -0.396 e. The number of fused-ring (bicyclic) bond motifs is 4. The van der Waals surface area contributed by atoms with E-state index in [4.69, 9.17) is 18.3 Å². The molecule has 0 N–H and O–H groups in total. The molecular formula is C14H14O5. The Balaban J connectivity index is 1.50. The highest BCUT2D eigenvalue weighted by Crippen LogP contribution is 2.57. The topological polar surface area (TPSA) is 68.4 Å². The molecule has 4 unspecified atom stereocenters. The molecule has 0 bridgehead atoms. The first-order valence-corrected chi connectivity index (χ1v) is 6.91. The second-order valence-corrected chi connectivity index (χ2v) is 5.92. The highest BCUT2D eigenvalue weighted by Gasteiger charge is 2.64. The first kappa shape index (κ1) is 10.5. The van der Waals surface area contributed by atoms with Crippen molar-refractivity contribution in [3.8, 4) is 0 Å². The summed E-state index contributed by atoms with van der Waals surface area (Å²) in [6.07, 6.45) is 7.76. The van der Waals surface area contributed by atoms with Gasteiger partial charge in [-0.15, -0.1) is 0 Å². The molecule has 0 aromatic carbocycles. The quantitative estimate of drug-likeness (QED) is 0.598. The summed E-state index contributed by atoms with van der Waals surface area (Å²) in [5.41, 5.74) is 0.936. The van der Waals surface area contributed by atoms with Crippen LogP contribution in [0.15, 0.2) is 25.3 Å². The maximum absolute atomic E-state index is 11.3. The Morgan fingerprint density at radius 1 is 1.26 bits per heavy atom. The Hall–Kier alpha value is -1.33. The molecule has 0 spiro atoms. The lowest BCUT2D eigenvalue weighted by atomic mass is 9.83. The molecule has 1 aromatic heterocycles. The summed E-state index contributed by atoms with van der Waals surface area (Å²) < 4.78 is 21.7. The molecular weight excluding hydrogens is 248 g/mol. The van der Waals surface area contributed by atoms with Crippen molar-refractivity contribution < 1.29 is 18.3 Å². The average Bonchev–Trinajstić information content (AvgIpc) is 3.26. The van der Waals surface area contributed by atoms with E-state index in [2.05, 4.69) is 6.08 Å². The highest BCUT2D eigenvalue weighted by atomic mass is 16.6. The largest absolute Gasteiger partial charge is 0.519 e. The summed E-state index contributed by atoms with van der Waals surface area (Å²) in [5, 5.41) is 0. The highest BCUT2D eigenvalue weighted by molar-refractivity contribution is 5.32. The first-order chi connectivity index (χ1) is 9.24. The average molecular weight is 262 g/mol. The summed E-state index contributed by atoms with van der Waals surface area (Å²) in [4.78, 5) is 11.3. The molecule has 2 aliphatic carbocycles. The fourth-order valence-corrected chi connectivity index (χ4v) is 3.67. The van der Waals surface area contributed by atoms with Crippen molar-refractivity contribution >= 4 is 0 Å². The Morgan fingerprint density at radius 3 is 3.11 bits per heavy atom. The van der Waals surface area contributed by atoms with Crippen molar-refractivity contribution in [1.29, 1.82) is 0 Å². The standard InChI is InChI=1S/C14H14O5/c15-13-17-9-3-4-11-14(19-11,12(9)18-13)6-7-1-2-8-10(5-7)16-8/h5,8,10-11H,1-4,6H2. The number of rotatable bonds is 2. The van der Waals surface area contributed by atoms with Crippen LogP contribution in [0, 0.1) is 0 Å². The van der Waals surface area contributed by atoms with Gasteiger partial charge in [0.25, 0.3) is 0 Å². The minimum atomic E-state index is -0.608. The van der Waals surface area contributed by atoms with Crippen LogP contribution in [0.3, 0.4) is 0 Å². The van der Waals surface area contributed by atoms with E-state index in [0.717, 1.165) is 32.1 Å². The molecule has 4 aliphatic rings. The third-order valence-electron chi connectivity index (χ3n) is 4.74. The van der Waals surface area contributed by atoms with Crippen LogP contribution in [0.2, 0.25) is 0 Å². The van der Waals surface area contributed by atoms with Crippen LogP contribution in [0.4, 0.5) is 0 Å². The van der Waals surface area contributed by atoms with E-state index in [1.54, 1.807) is 0 Å². The lowest BCUT2D eigenvalue weighted by Gasteiger charge is -2.17. The van der Waals surface area contributed by atoms with Crippen molar-refractivity contribution in [1.82, 2.24) is 0 Å². The molecule has 5 heteroatoms. The zero-order valence-electron chi connectivity index (χ0n) is 10.4. The molecule has 0 radical (unpaired) electrons. The number of aryl methyl sites for hydroxylation is 1. The number of hydrogen-bond donors (Lipinski definition) is 0. The normalized spacial score (nSPS) is 41.9. The van der Waals surface area contributed by atoms with Crippen LogP contribution >= 0.6 is 0 Å². The predicted octanol–water partition coefficient (Wildman–Crippen LogP) is 1.65. The van der Waals surface area contributed by atoms with Crippen LogP contribution in [0.1, 0.15) is 37.2 Å². The summed E-state index contributed by atoms with van der Waals surface area (Å²) in [5.74, 6) is 0.702. The van der Waals surface area contributed by atoms with Crippen LogP contribution < -0.4 is 5.82 Å². The monoisotopic (exact) mass is 262 g/mol.